The Morgan fingerprint density at radius 3 is 2.38 bits per heavy atom. The number of allylic oxidation sites excluding steroid dienone is 1. The molecule has 0 N–H and O–H groups in total. The Morgan fingerprint density at radius 1 is 1.24 bits per heavy atom. The second-order valence-electron chi connectivity index (χ2n) is 5.49. The average Bonchev–Trinajstić information content (AvgIpc) is 2.53. The third kappa shape index (κ3) is 5.87. The van der Waals surface area contributed by atoms with Crippen molar-refractivity contribution < 1.29 is 4.43 Å². The van der Waals surface area contributed by atoms with Crippen molar-refractivity contribution in [1.82, 2.24) is 4.98 Å². The number of nitrogens with zero attached hydrogens (tertiary/aromatic N) is 1. The van der Waals surface area contributed by atoms with Crippen molar-refractivity contribution in [3.8, 4) is 0 Å². The molecule has 0 saturated carbocycles. The van der Waals surface area contributed by atoms with E-state index in [9.17, 15) is 0 Å². The Hall–Kier alpha value is -0.743. The lowest BCUT2D eigenvalue weighted by Gasteiger charge is -2.30. The van der Waals surface area contributed by atoms with Crippen LogP contribution in [0.2, 0.25) is 18.1 Å². The highest BCUT2D eigenvalue weighted by atomic mass is 32.2. The molecule has 0 spiro atoms. The molecule has 0 radical (unpaired) electrons. The maximum Gasteiger partial charge on any atom is 0.251 e. The van der Waals surface area contributed by atoms with Gasteiger partial charge in [-0.15, -0.1) is 0 Å². The first-order valence-electron chi connectivity index (χ1n) is 8.08. The van der Waals surface area contributed by atoms with Gasteiger partial charge in [0.25, 0.3) is 8.32 Å². The lowest BCUT2D eigenvalue weighted by Crippen LogP contribution is -2.35. The standard InChI is InChI=1S/C17H29NOSSi/c1-6-15(5)14-17(19-21(7-2,8-3)9-4)20-16-12-10-11-13-18-16/h10-15H,6-9H2,1-5H3/b17-14-. The van der Waals surface area contributed by atoms with Crippen molar-refractivity contribution in [2.75, 3.05) is 0 Å². The van der Waals surface area contributed by atoms with Gasteiger partial charge in [0.15, 0.2) is 0 Å². The van der Waals surface area contributed by atoms with Crippen molar-refractivity contribution in [3.05, 3.63) is 35.6 Å². The first kappa shape index (κ1) is 18.3. The van der Waals surface area contributed by atoms with Crippen LogP contribution >= 0.6 is 11.8 Å². The highest BCUT2D eigenvalue weighted by Crippen LogP contribution is 2.33. The number of aromatic nitrogens is 1. The SMILES string of the molecule is CCC(C)/C=C(/O[Si](CC)(CC)CC)Sc1ccccn1. The van der Waals surface area contributed by atoms with Crippen molar-refractivity contribution in [3.63, 3.8) is 0 Å². The topological polar surface area (TPSA) is 22.1 Å². The van der Waals surface area contributed by atoms with Gasteiger partial charge >= 0.3 is 0 Å². The zero-order valence-corrected chi connectivity index (χ0v) is 15.9. The van der Waals surface area contributed by atoms with E-state index >= 15 is 0 Å². The van der Waals surface area contributed by atoms with E-state index in [0.717, 1.165) is 16.5 Å². The minimum Gasteiger partial charge on any atom is -0.539 e. The number of hydrogen-bond acceptors (Lipinski definition) is 3. The van der Waals surface area contributed by atoms with Gasteiger partial charge in [0.1, 0.15) is 10.1 Å². The van der Waals surface area contributed by atoms with Crippen LogP contribution in [0.3, 0.4) is 0 Å². The lowest BCUT2D eigenvalue weighted by molar-refractivity contribution is 0.435. The van der Waals surface area contributed by atoms with Crippen LogP contribution < -0.4 is 0 Å². The van der Waals surface area contributed by atoms with E-state index in [-0.39, 0.29) is 0 Å². The molecular weight excluding hydrogens is 294 g/mol. The van der Waals surface area contributed by atoms with E-state index < -0.39 is 8.32 Å². The Morgan fingerprint density at radius 2 is 1.90 bits per heavy atom. The van der Waals surface area contributed by atoms with Gasteiger partial charge in [0.05, 0.1) is 0 Å². The van der Waals surface area contributed by atoms with Crippen LogP contribution in [0.25, 0.3) is 0 Å². The molecule has 1 aromatic heterocycles. The molecule has 1 atom stereocenters. The molecule has 0 bridgehead atoms. The zero-order valence-electron chi connectivity index (χ0n) is 14.1. The second-order valence-corrected chi connectivity index (χ2v) is 11.2. The minimum atomic E-state index is -1.63. The summed E-state index contributed by atoms with van der Waals surface area (Å²) in [6, 6.07) is 9.53. The van der Waals surface area contributed by atoms with Crippen LogP contribution in [0.5, 0.6) is 0 Å². The van der Waals surface area contributed by atoms with Gasteiger partial charge in [0.2, 0.25) is 0 Å². The molecule has 0 aromatic carbocycles. The zero-order chi connectivity index (χ0) is 15.7. The largest absolute Gasteiger partial charge is 0.539 e. The van der Waals surface area contributed by atoms with Gasteiger partial charge in [-0.3, -0.25) is 0 Å². The summed E-state index contributed by atoms with van der Waals surface area (Å²) in [5.41, 5.74) is 0. The van der Waals surface area contributed by atoms with Crippen molar-refractivity contribution in [1.29, 1.82) is 0 Å². The predicted molar refractivity (Wildman–Crippen MR) is 95.9 cm³/mol. The van der Waals surface area contributed by atoms with Crippen LogP contribution in [0.1, 0.15) is 41.0 Å². The number of pyridine rings is 1. The molecule has 1 rings (SSSR count). The summed E-state index contributed by atoms with van der Waals surface area (Å²) in [4.78, 5) is 4.42. The molecule has 21 heavy (non-hydrogen) atoms. The van der Waals surface area contributed by atoms with Crippen molar-refractivity contribution in [2.45, 2.75) is 64.2 Å². The van der Waals surface area contributed by atoms with E-state index in [4.69, 9.17) is 4.43 Å². The predicted octanol–water partition coefficient (Wildman–Crippen LogP) is 6.08. The van der Waals surface area contributed by atoms with Gasteiger partial charge in [-0.25, -0.2) is 4.98 Å². The van der Waals surface area contributed by atoms with Crippen LogP contribution in [0, 0.1) is 5.92 Å². The summed E-state index contributed by atoms with van der Waals surface area (Å²) in [5, 5.41) is 2.07. The molecule has 1 unspecified atom stereocenters. The van der Waals surface area contributed by atoms with E-state index in [1.165, 1.54) is 18.1 Å². The van der Waals surface area contributed by atoms with Gasteiger partial charge in [0, 0.05) is 6.20 Å². The molecule has 0 amide bonds. The maximum absolute atomic E-state index is 6.59. The fraction of sp³-hybridized carbons (Fsp3) is 0.588. The molecule has 2 nitrogen and oxygen atoms in total. The highest BCUT2D eigenvalue weighted by Gasteiger charge is 2.31. The molecule has 4 heteroatoms. The second kappa shape index (κ2) is 9.31. The van der Waals surface area contributed by atoms with Crippen LogP contribution in [-0.2, 0) is 4.43 Å². The summed E-state index contributed by atoms with van der Waals surface area (Å²) >= 11 is 1.67. The molecule has 118 valence electrons. The Bertz CT molecular complexity index is 423. The minimum absolute atomic E-state index is 0.536. The van der Waals surface area contributed by atoms with Crippen LogP contribution in [0.4, 0.5) is 0 Å². The fourth-order valence-corrected chi connectivity index (χ4v) is 6.02. The molecule has 1 heterocycles. The molecule has 0 fully saturated rings. The monoisotopic (exact) mass is 323 g/mol. The normalized spacial score (nSPS) is 14.0. The third-order valence-electron chi connectivity index (χ3n) is 4.16. The smallest absolute Gasteiger partial charge is 0.251 e. The lowest BCUT2D eigenvalue weighted by atomic mass is 10.1. The average molecular weight is 324 g/mol. The Kier molecular flexibility index (Phi) is 8.12. The number of hydrogen-bond donors (Lipinski definition) is 0. The van der Waals surface area contributed by atoms with E-state index in [2.05, 4.69) is 45.7 Å². The maximum atomic E-state index is 6.59. The summed E-state index contributed by atoms with van der Waals surface area (Å²) in [7, 11) is -1.63. The van der Waals surface area contributed by atoms with E-state index in [0.29, 0.717) is 5.92 Å². The van der Waals surface area contributed by atoms with Gasteiger partial charge in [-0.2, -0.15) is 0 Å². The number of thioether (sulfide) groups is 1. The van der Waals surface area contributed by atoms with Gasteiger partial charge in [-0.1, -0.05) is 40.7 Å². The van der Waals surface area contributed by atoms with Crippen LogP contribution in [-0.4, -0.2) is 13.3 Å². The van der Waals surface area contributed by atoms with E-state index in [1.807, 2.05) is 24.4 Å². The molecule has 0 saturated heterocycles. The molecule has 1 aromatic rings. The molecular formula is C17H29NOSSi. The quantitative estimate of drug-likeness (QED) is 0.312. The van der Waals surface area contributed by atoms with Gasteiger partial charge < -0.3 is 4.43 Å². The van der Waals surface area contributed by atoms with Crippen molar-refractivity contribution in [2.24, 2.45) is 5.92 Å². The molecule has 0 aliphatic heterocycles. The third-order valence-corrected chi connectivity index (χ3v) is 9.70. The van der Waals surface area contributed by atoms with E-state index in [1.54, 1.807) is 11.8 Å². The highest BCUT2D eigenvalue weighted by molar-refractivity contribution is 8.02. The summed E-state index contributed by atoms with van der Waals surface area (Å²) in [6.45, 7) is 11.3. The Labute approximate surface area is 135 Å². The Balaban J connectivity index is 2.95. The van der Waals surface area contributed by atoms with Crippen LogP contribution in [0.15, 0.2) is 40.6 Å². The summed E-state index contributed by atoms with van der Waals surface area (Å²) in [5.74, 6) is 0.536. The summed E-state index contributed by atoms with van der Waals surface area (Å²) in [6.07, 6.45) is 5.25. The molecule has 0 aliphatic carbocycles. The fourth-order valence-electron chi connectivity index (χ4n) is 2.13. The first-order valence-corrected chi connectivity index (χ1v) is 11.4. The first-order chi connectivity index (χ1) is 10.1. The summed E-state index contributed by atoms with van der Waals surface area (Å²) < 4.78 is 6.59. The number of rotatable bonds is 9. The van der Waals surface area contributed by atoms with Crippen molar-refractivity contribution >= 4 is 20.1 Å². The molecule has 0 aliphatic rings. The van der Waals surface area contributed by atoms with Gasteiger partial charge in [-0.05, 0) is 60.4 Å².